The molecule has 0 aromatic heterocycles. The van der Waals surface area contributed by atoms with Gasteiger partial charge in [-0.1, -0.05) is 0 Å². The molecule has 41 heavy (non-hydrogen) atoms. The first kappa shape index (κ1) is 29.2. The summed E-state index contributed by atoms with van der Waals surface area (Å²) >= 11 is 3.22. The van der Waals surface area contributed by atoms with Crippen LogP contribution in [0.15, 0.2) is 64.6 Å². The van der Waals surface area contributed by atoms with E-state index in [1.807, 2.05) is 5.32 Å². The lowest BCUT2D eigenvalue weighted by Gasteiger charge is -2.26. The normalized spacial score (nSPS) is 14.7. The molecular weight excluding hydrogens is 622 g/mol. The summed E-state index contributed by atoms with van der Waals surface area (Å²) in [5, 5.41) is 13.5. The molecule has 15 heteroatoms. The van der Waals surface area contributed by atoms with E-state index in [4.69, 9.17) is 9.47 Å². The molecule has 3 aromatic rings. The molecule has 0 atom stereocenters. The maximum absolute atomic E-state index is 13.3. The third-order valence-electron chi connectivity index (χ3n) is 5.52. The van der Waals surface area contributed by atoms with Gasteiger partial charge in [0.25, 0.3) is 11.8 Å². The first-order chi connectivity index (χ1) is 19.3. The minimum absolute atomic E-state index is 0.00497. The lowest BCUT2D eigenvalue weighted by molar-refractivity contribution is -0.385. The predicted octanol–water partition coefficient (Wildman–Crippen LogP) is 6.37. The average Bonchev–Trinajstić information content (AvgIpc) is 2.89. The molecule has 0 aliphatic carbocycles. The molecule has 1 aliphatic rings. The van der Waals surface area contributed by atoms with E-state index in [0.717, 1.165) is 24.3 Å². The number of nitro benzene ring substituents is 1. The number of alkyl halides is 3. The SMILES string of the molecule is CCOc1cc(/C=C2\C(=O)NC(=O)N(c3ccc(F)cc3)C2=O)cc(Br)c1Oc1ccc(C(F)(F)F)cc1[N+](=O)[O-]. The predicted molar refractivity (Wildman–Crippen MR) is 139 cm³/mol. The van der Waals surface area contributed by atoms with Crippen molar-refractivity contribution in [1.29, 1.82) is 0 Å². The van der Waals surface area contributed by atoms with Crippen molar-refractivity contribution in [3.8, 4) is 17.2 Å². The van der Waals surface area contributed by atoms with Crippen LogP contribution in [0.3, 0.4) is 0 Å². The van der Waals surface area contributed by atoms with E-state index in [2.05, 4.69) is 15.9 Å². The molecule has 3 aromatic carbocycles. The number of amides is 4. The van der Waals surface area contributed by atoms with E-state index >= 15 is 0 Å². The van der Waals surface area contributed by atoms with Gasteiger partial charge in [-0.25, -0.2) is 14.1 Å². The van der Waals surface area contributed by atoms with Gasteiger partial charge in [-0.15, -0.1) is 0 Å². The zero-order chi connectivity index (χ0) is 30.1. The van der Waals surface area contributed by atoms with Crippen LogP contribution in [0.25, 0.3) is 6.08 Å². The molecule has 4 rings (SSSR count). The first-order valence-electron chi connectivity index (χ1n) is 11.5. The highest BCUT2D eigenvalue weighted by molar-refractivity contribution is 9.10. The maximum Gasteiger partial charge on any atom is 0.416 e. The number of nitro groups is 1. The third kappa shape index (κ3) is 6.19. The molecule has 0 bridgehead atoms. The van der Waals surface area contributed by atoms with Crippen molar-refractivity contribution in [2.24, 2.45) is 0 Å². The summed E-state index contributed by atoms with van der Waals surface area (Å²) in [4.78, 5) is 49.1. The molecule has 1 saturated heterocycles. The molecule has 1 fully saturated rings. The molecule has 212 valence electrons. The fourth-order valence-electron chi connectivity index (χ4n) is 3.71. The summed E-state index contributed by atoms with van der Waals surface area (Å²) in [5.41, 5.74) is -2.47. The van der Waals surface area contributed by atoms with Gasteiger partial charge < -0.3 is 9.47 Å². The zero-order valence-electron chi connectivity index (χ0n) is 20.6. The highest BCUT2D eigenvalue weighted by Crippen LogP contribution is 2.44. The molecule has 0 radical (unpaired) electrons. The van der Waals surface area contributed by atoms with Crippen LogP contribution in [-0.2, 0) is 15.8 Å². The van der Waals surface area contributed by atoms with Gasteiger partial charge >= 0.3 is 17.9 Å². The van der Waals surface area contributed by atoms with Gasteiger partial charge in [0.05, 0.1) is 27.3 Å². The first-order valence-corrected chi connectivity index (χ1v) is 12.3. The maximum atomic E-state index is 13.3. The Morgan fingerprint density at radius 2 is 1.73 bits per heavy atom. The van der Waals surface area contributed by atoms with E-state index in [9.17, 15) is 42.1 Å². The van der Waals surface area contributed by atoms with Gasteiger partial charge in [0.2, 0.25) is 5.75 Å². The van der Waals surface area contributed by atoms with E-state index in [1.165, 1.54) is 24.3 Å². The van der Waals surface area contributed by atoms with Crippen LogP contribution < -0.4 is 19.7 Å². The van der Waals surface area contributed by atoms with Crippen LogP contribution in [0.1, 0.15) is 18.1 Å². The summed E-state index contributed by atoms with van der Waals surface area (Å²) in [6.45, 7) is 1.66. The average molecular weight is 638 g/mol. The molecule has 4 amide bonds. The Morgan fingerprint density at radius 1 is 1.05 bits per heavy atom. The molecule has 0 unspecified atom stereocenters. The van der Waals surface area contributed by atoms with Gasteiger partial charge in [-0.05, 0) is 83.0 Å². The van der Waals surface area contributed by atoms with Gasteiger partial charge in [0, 0.05) is 6.07 Å². The van der Waals surface area contributed by atoms with Gasteiger partial charge in [-0.3, -0.25) is 25.0 Å². The zero-order valence-corrected chi connectivity index (χ0v) is 22.2. The summed E-state index contributed by atoms with van der Waals surface area (Å²) in [7, 11) is 0. The molecule has 0 spiro atoms. The van der Waals surface area contributed by atoms with Gasteiger partial charge in [0.15, 0.2) is 11.5 Å². The van der Waals surface area contributed by atoms with Gasteiger partial charge in [-0.2, -0.15) is 13.2 Å². The largest absolute Gasteiger partial charge is 0.490 e. The van der Waals surface area contributed by atoms with E-state index in [1.54, 1.807) is 6.92 Å². The number of anilines is 1. The number of halogens is 5. The lowest BCUT2D eigenvalue weighted by atomic mass is 10.1. The van der Waals surface area contributed by atoms with Crippen LogP contribution in [0.5, 0.6) is 17.2 Å². The summed E-state index contributed by atoms with van der Waals surface area (Å²) in [5.74, 6) is -3.31. The number of benzene rings is 3. The van der Waals surface area contributed by atoms with Crippen LogP contribution in [0.2, 0.25) is 0 Å². The van der Waals surface area contributed by atoms with Crippen LogP contribution in [0, 0.1) is 15.9 Å². The standard InChI is InChI=1S/C26H16BrF4N3O7/c1-2-40-21-11-13(9-17-23(35)32-25(37)33(24(17)36)16-6-4-15(28)5-7-16)10-18(27)22(21)41-20-8-3-14(26(29,30)31)12-19(20)34(38)39/h3-12H,2H2,1H3,(H,32,35,37)/b17-9+. The fraction of sp³-hybridized carbons (Fsp3) is 0.115. The number of hydrogen-bond acceptors (Lipinski definition) is 7. The highest BCUT2D eigenvalue weighted by Gasteiger charge is 2.37. The molecular formula is C26H16BrF4N3O7. The number of barbiturate groups is 1. The van der Waals surface area contributed by atoms with Crippen molar-refractivity contribution in [1.82, 2.24) is 5.32 Å². The highest BCUT2D eigenvalue weighted by atomic mass is 79.9. The van der Waals surface area contributed by atoms with Crippen LogP contribution >= 0.6 is 15.9 Å². The van der Waals surface area contributed by atoms with Gasteiger partial charge in [0.1, 0.15) is 11.4 Å². The lowest BCUT2D eigenvalue weighted by Crippen LogP contribution is -2.54. The van der Waals surface area contributed by atoms with Crippen molar-refractivity contribution in [3.05, 3.63) is 91.7 Å². The Bertz CT molecular complexity index is 1610. The number of rotatable bonds is 7. The molecule has 1 heterocycles. The minimum Gasteiger partial charge on any atom is -0.490 e. The second kappa shape index (κ2) is 11.4. The van der Waals surface area contributed by atoms with Crippen molar-refractivity contribution < 1.29 is 46.3 Å². The number of urea groups is 1. The number of carbonyl (C=O) groups is 3. The topological polar surface area (TPSA) is 128 Å². The van der Waals surface area contributed by atoms with E-state index < -0.39 is 57.3 Å². The molecule has 0 saturated carbocycles. The monoisotopic (exact) mass is 637 g/mol. The fourth-order valence-corrected chi connectivity index (χ4v) is 4.26. The second-order valence-electron chi connectivity index (χ2n) is 8.24. The summed E-state index contributed by atoms with van der Waals surface area (Å²) < 4.78 is 63.8. The smallest absolute Gasteiger partial charge is 0.416 e. The van der Waals surface area contributed by atoms with E-state index in [0.29, 0.717) is 17.0 Å². The Labute approximate surface area is 236 Å². The van der Waals surface area contributed by atoms with Crippen molar-refractivity contribution in [2.75, 3.05) is 11.5 Å². The Morgan fingerprint density at radius 3 is 2.34 bits per heavy atom. The number of nitrogens with one attached hydrogen (secondary N) is 1. The number of imide groups is 2. The van der Waals surface area contributed by atoms with Crippen LogP contribution in [-0.4, -0.2) is 29.4 Å². The number of carbonyl (C=O) groups excluding carboxylic acids is 3. The summed E-state index contributed by atoms with van der Waals surface area (Å²) in [6, 6.07) is 7.79. The van der Waals surface area contributed by atoms with Crippen molar-refractivity contribution in [3.63, 3.8) is 0 Å². The molecule has 1 aliphatic heterocycles. The summed E-state index contributed by atoms with van der Waals surface area (Å²) in [6.07, 6.45) is -3.69. The molecule has 10 nitrogen and oxygen atoms in total. The number of ether oxygens (including phenoxy) is 2. The Kier molecular flexibility index (Phi) is 8.10. The third-order valence-corrected chi connectivity index (χ3v) is 6.11. The van der Waals surface area contributed by atoms with E-state index in [-0.39, 0.29) is 33.8 Å². The van der Waals surface area contributed by atoms with Crippen molar-refractivity contribution >= 4 is 51.2 Å². The Balaban J connectivity index is 1.74. The van der Waals surface area contributed by atoms with Crippen molar-refractivity contribution in [2.45, 2.75) is 13.1 Å². The van der Waals surface area contributed by atoms with Crippen LogP contribution in [0.4, 0.5) is 33.7 Å². The second-order valence-corrected chi connectivity index (χ2v) is 9.09. The number of nitrogens with zero attached hydrogens (tertiary/aromatic N) is 2. The quantitative estimate of drug-likeness (QED) is 0.105. The minimum atomic E-state index is -4.82. The molecule has 1 N–H and O–H groups in total. The number of hydrogen-bond donors (Lipinski definition) is 1. The Hall–Kier alpha value is -4.79.